The van der Waals surface area contributed by atoms with Crippen molar-refractivity contribution in [2.75, 3.05) is 5.32 Å². The molecule has 5 rings (SSSR count). The van der Waals surface area contributed by atoms with E-state index in [0.29, 0.717) is 28.6 Å². The van der Waals surface area contributed by atoms with Crippen LogP contribution < -0.4 is 10.6 Å². The Kier molecular flexibility index (Phi) is 4.11. The molecular weight excluding hydrogens is 354 g/mol. The summed E-state index contributed by atoms with van der Waals surface area (Å²) in [6, 6.07) is 14.9. The molecule has 3 aromatic rings. The van der Waals surface area contributed by atoms with Gasteiger partial charge in [-0.3, -0.25) is 9.59 Å². The maximum atomic E-state index is 12.5. The molecule has 1 atom stereocenters. The Morgan fingerprint density at radius 1 is 1.00 bits per heavy atom. The van der Waals surface area contributed by atoms with Gasteiger partial charge in [0, 0.05) is 11.6 Å². The molecule has 0 bridgehead atoms. The van der Waals surface area contributed by atoms with E-state index in [1.165, 1.54) is 0 Å². The van der Waals surface area contributed by atoms with Crippen molar-refractivity contribution < 1.29 is 14.0 Å². The Labute approximate surface area is 162 Å². The summed E-state index contributed by atoms with van der Waals surface area (Å²) in [6.45, 7) is 0. The van der Waals surface area contributed by atoms with Gasteiger partial charge in [0.2, 0.25) is 0 Å². The molecule has 2 aliphatic carbocycles. The lowest BCUT2D eigenvalue weighted by atomic mass is 10.0. The zero-order valence-corrected chi connectivity index (χ0v) is 15.4. The summed E-state index contributed by atoms with van der Waals surface area (Å²) >= 11 is 0. The summed E-state index contributed by atoms with van der Waals surface area (Å²) < 4.78 is 5.73. The van der Waals surface area contributed by atoms with Crippen molar-refractivity contribution in [3.8, 4) is 0 Å². The highest BCUT2D eigenvalue weighted by Crippen LogP contribution is 2.41. The fourth-order valence-electron chi connectivity index (χ4n) is 3.49. The molecule has 0 unspecified atom stereocenters. The number of nitrogens with zero attached hydrogens (tertiary/aromatic N) is 1. The van der Waals surface area contributed by atoms with Crippen LogP contribution in [0.25, 0.3) is 11.1 Å². The number of benzene rings is 2. The first-order valence-corrected chi connectivity index (χ1v) is 9.74. The van der Waals surface area contributed by atoms with Gasteiger partial charge in [-0.05, 0) is 55.4 Å². The normalized spacial score (nSPS) is 17.3. The average molecular weight is 375 g/mol. The highest BCUT2D eigenvalue weighted by molar-refractivity contribution is 6.39. The molecule has 0 spiro atoms. The van der Waals surface area contributed by atoms with E-state index >= 15 is 0 Å². The summed E-state index contributed by atoms with van der Waals surface area (Å²) in [5.41, 5.74) is 2.95. The van der Waals surface area contributed by atoms with Gasteiger partial charge < -0.3 is 15.1 Å². The summed E-state index contributed by atoms with van der Waals surface area (Å²) in [4.78, 5) is 29.4. The van der Waals surface area contributed by atoms with Gasteiger partial charge in [0.05, 0.1) is 6.04 Å². The Balaban J connectivity index is 1.28. The number of amides is 2. The molecule has 2 aromatic carbocycles. The second-order valence-electron chi connectivity index (χ2n) is 7.66. The van der Waals surface area contributed by atoms with E-state index in [-0.39, 0.29) is 6.04 Å². The van der Waals surface area contributed by atoms with Crippen molar-refractivity contribution >= 4 is 28.6 Å². The second kappa shape index (κ2) is 6.78. The van der Waals surface area contributed by atoms with E-state index in [2.05, 4.69) is 15.6 Å². The van der Waals surface area contributed by atoms with E-state index in [9.17, 15) is 9.59 Å². The number of hydrogen-bond donors (Lipinski definition) is 2. The molecule has 2 aliphatic rings. The minimum atomic E-state index is -0.674. The Hall–Kier alpha value is -3.15. The van der Waals surface area contributed by atoms with Crippen molar-refractivity contribution in [1.82, 2.24) is 10.3 Å². The van der Waals surface area contributed by atoms with Crippen molar-refractivity contribution in [3.63, 3.8) is 0 Å². The summed E-state index contributed by atoms with van der Waals surface area (Å²) in [5.74, 6) is 0.276. The van der Waals surface area contributed by atoms with Gasteiger partial charge in [-0.2, -0.15) is 0 Å². The highest BCUT2D eigenvalue weighted by atomic mass is 16.3. The van der Waals surface area contributed by atoms with Crippen LogP contribution >= 0.6 is 0 Å². The lowest BCUT2D eigenvalue weighted by molar-refractivity contribution is -0.136. The number of hydrogen-bond acceptors (Lipinski definition) is 4. The van der Waals surface area contributed by atoms with Gasteiger partial charge in [-0.1, -0.05) is 30.3 Å². The van der Waals surface area contributed by atoms with E-state index in [0.717, 1.165) is 37.1 Å². The predicted octanol–water partition coefficient (Wildman–Crippen LogP) is 3.91. The van der Waals surface area contributed by atoms with Crippen LogP contribution in [0.2, 0.25) is 0 Å². The van der Waals surface area contributed by atoms with Crippen LogP contribution in [0.5, 0.6) is 0 Å². The fourth-order valence-corrected chi connectivity index (χ4v) is 3.49. The molecule has 2 saturated carbocycles. The number of carbonyl (C=O) groups is 2. The van der Waals surface area contributed by atoms with Gasteiger partial charge >= 0.3 is 11.8 Å². The largest absolute Gasteiger partial charge is 0.440 e. The van der Waals surface area contributed by atoms with Crippen LogP contribution in [0.4, 0.5) is 5.69 Å². The first-order valence-electron chi connectivity index (χ1n) is 9.74. The molecule has 2 amide bonds. The zero-order valence-electron chi connectivity index (χ0n) is 15.4. The zero-order chi connectivity index (χ0) is 19.1. The SMILES string of the molecule is O=C(Nc1ccc2oc(C3CC3)nc2c1)C(=O)N[C@H](c1ccccc1)C1CC1. The van der Waals surface area contributed by atoms with Crippen LogP contribution in [0, 0.1) is 5.92 Å². The standard InChI is InChI=1S/C22H21N3O3/c26-20(21(27)25-19(14-6-7-14)13-4-2-1-3-5-13)23-16-10-11-18-17(12-16)24-22(28-18)15-8-9-15/h1-5,10-12,14-15,19H,6-9H2,(H,23,26)(H,25,27)/t19-/m1/s1. The quantitative estimate of drug-likeness (QED) is 0.662. The van der Waals surface area contributed by atoms with Crippen LogP contribution in [-0.2, 0) is 9.59 Å². The maximum Gasteiger partial charge on any atom is 0.313 e. The highest BCUT2D eigenvalue weighted by Gasteiger charge is 2.34. The van der Waals surface area contributed by atoms with Gasteiger partial charge in [-0.25, -0.2) is 4.98 Å². The molecule has 0 aliphatic heterocycles. The van der Waals surface area contributed by atoms with Gasteiger partial charge in [0.1, 0.15) is 5.52 Å². The number of anilines is 1. The molecule has 28 heavy (non-hydrogen) atoms. The monoisotopic (exact) mass is 375 g/mol. The molecule has 0 saturated heterocycles. The lowest BCUT2D eigenvalue weighted by Crippen LogP contribution is -2.38. The van der Waals surface area contributed by atoms with Crippen molar-refractivity contribution in [1.29, 1.82) is 0 Å². The van der Waals surface area contributed by atoms with E-state index in [4.69, 9.17) is 4.42 Å². The lowest BCUT2D eigenvalue weighted by Gasteiger charge is -2.18. The second-order valence-corrected chi connectivity index (χ2v) is 7.66. The Morgan fingerprint density at radius 3 is 2.50 bits per heavy atom. The fraction of sp³-hybridized carbons (Fsp3) is 0.318. The van der Waals surface area contributed by atoms with Gasteiger partial charge in [0.15, 0.2) is 11.5 Å². The molecule has 2 N–H and O–H groups in total. The van der Waals surface area contributed by atoms with Crippen LogP contribution in [0.3, 0.4) is 0 Å². The minimum Gasteiger partial charge on any atom is -0.440 e. The third-order valence-electron chi connectivity index (χ3n) is 5.33. The van der Waals surface area contributed by atoms with Gasteiger partial charge in [-0.15, -0.1) is 0 Å². The first-order chi connectivity index (χ1) is 13.7. The summed E-state index contributed by atoms with van der Waals surface area (Å²) in [6.07, 6.45) is 4.35. The smallest absolute Gasteiger partial charge is 0.313 e. The number of carbonyl (C=O) groups excluding carboxylic acids is 2. The van der Waals surface area contributed by atoms with E-state index in [1.807, 2.05) is 30.3 Å². The third-order valence-corrected chi connectivity index (χ3v) is 5.33. The maximum absolute atomic E-state index is 12.5. The molecule has 1 aromatic heterocycles. The first kappa shape index (κ1) is 17.0. The molecule has 2 fully saturated rings. The van der Waals surface area contributed by atoms with Crippen molar-refractivity contribution in [2.45, 2.75) is 37.6 Å². The summed E-state index contributed by atoms with van der Waals surface area (Å²) in [5, 5.41) is 5.57. The number of aromatic nitrogens is 1. The van der Waals surface area contributed by atoms with Crippen LogP contribution in [0.1, 0.15) is 49.1 Å². The Bertz CT molecular complexity index is 1040. The predicted molar refractivity (Wildman–Crippen MR) is 105 cm³/mol. The molecule has 142 valence electrons. The number of nitrogens with one attached hydrogen (secondary N) is 2. The van der Waals surface area contributed by atoms with E-state index in [1.54, 1.807) is 18.2 Å². The molecular formula is C22H21N3O3. The summed E-state index contributed by atoms with van der Waals surface area (Å²) in [7, 11) is 0. The number of oxazole rings is 1. The Morgan fingerprint density at radius 2 is 1.79 bits per heavy atom. The van der Waals surface area contributed by atoms with Gasteiger partial charge in [0.25, 0.3) is 0 Å². The molecule has 0 radical (unpaired) electrons. The van der Waals surface area contributed by atoms with E-state index < -0.39 is 11.8 Å². The van der Waals surface area contributed by atoms with Crippen LogP contribution in [-0.4, -0.2) is 16.8 Å². The molecule has 1 heterocycles. The number of rotatable bonds is 5. The number of fused-ring (bicyclic) bond motifs is 1. The minimum absolute atomic E-state index is 0.126. The van der Waals surface area contributed by atoms with Crippen LogP contribution in [0.15, 0.2) is 52.9 Å². The van der Waals surface area contributed by atoms with Crippen molar-refractivity contribution in [3.05, 3.63) is 60.0 Å². The molecule has 6 heteroatoms. The van der Waals surface area contributed by atoms with Crippen molar-refractivity contribution in [2.24, 2.45) is 5.92 Å². The topological polar surface area (TPSA) is 84.2 Å². The third kappa shape index (κ3) is 3.50. The average Bonchev–Trinajstić information content (AvgIpc) is 3.63. The molecule has 6 nitrogen and oxygen atoms in total.